The first kappa shape index (κ1) is 20.2. The summed E-state index contributed by atoms with van der Waals surface area (Å²) in [6.07, 6.45) is 1.74. The minimum absolute atomic E-state index is 0.152. The summed E-state index contributed by atoms with van der Waals surface area (Å²) in [5.41, 5.74) is 3.79. The minimum atomic E-state index is 0.152. The van der Waals surface area contributed by atoms with Crippen molar-refractivity contribution < 1.29 is 4.79 Å². The Kier molecular flexibility index (Phi) is 5.48. The van der Waals surface area contributed by atoms with E-state index in [2.05, 4.69) is 76.6 Å². The highest BCUT2D eigenvalue weighted by Gasteiger charge is 2.47. The molecule has 2 aromatic carbocycles. The number of aromatic nitrogens is 2. The van der Waals surface area contributed by atoms with Crippen LogP contribution in [0.1, 0.15) is 41.8 Å². The van der Waals surface area contributed by atoms with Crippen molar-refractivity contribution in [3.63, 3.8) is 0 Å². The first-order valence-corrected chi connectivity index (χ1v) is 11.8. The fourth-order valence-corrected chi connectivity index (χ4v) is 5.26. The molecule has 0 radical (unpaired) electrons. The van der Waals surface area contributed by atoms with E-state index in [1.165, 1.54) is 28.2 Å². The monoisotopic (exact) mass is 432 g/mol. The highest BCUT2D eigenvalue weighted by atomic mass is 32.1. The average Bonchev–Trinajstić information content (AvgIpc) is 3.46. The second-order valence-electron chi connectivity index (χ2n) is 8.84. The van der Waals surface area contributed by atoms with Gasteiger partial charge in [-0.15, -0.1) is 0 Å². The van der Waals surface area contributed by atoms with Crippen molar-refractivity contribution in [2.24, 2.45) is 5.92 Å². The number of piperazine rings is 1. The maximum atomic E-state index is 13.1. The molecule has 31 heavy (non-hydrogen) atoms. The number of amides is 1. The van der Waals surface area contributed by atoms with Gasteiger partial charge in [0.05, 0.1) is 0 Å². The number of hydrogen-bond donors (Lipinski definition) is 0. The van der Waals surface area contributed by atoms with Crippen molar-refractivity contribution in [1.29, 1.82) is 0 Å². The fraction of sp³-hybridized carbons (Fsp3) is 0.400. The molecule has 1 saturated heterocycles. The highest BCUT2D eigenvalue weighted by molar-refractivity contribution is 7.09. The van der Waals surface area contributed by atoms with Crippen molar-refractivity contribution in [2.75, 3.05) is 24.5 Å². The zero-order chi connectivity index (χ0) is 21.4. The third-order valence-corrected chi connectivity index (χ3v) is 7.27. The molecule has 0 N–H and O–H groups in total. The quantitative estimate of drug-likeness (QED) is 0.604. The van der Waals surface area contributed by atoms with Gasteiger partial charge in [-0.2, -0.15) is 4.37 Å². The summed E-state index contributed by atoms with van der Waals surface area (Å²) in [5, 5.41) is 0.967. The molecule has 2 fully saturated rings. The standard InChI is InChI=1S/C25H28N4OS/c1-17-8-10-19(11-9-17)14-23-26-25(31-27-23)28-12-13-29(18(2)16-28)24(30)22-15-21(22)20-6-4-3-5-7-20/h3-11,18,21-22H,12-16H2,1-2H3. The Bertz CT molecular complexity index is 1050. The molecule has 2 aliphatic rings. The lowest BCUT2D eigenvalue weighted by Gasteiger charge is -2.39. The molecule has 3 atom stereocenters. The van der Waals surface area contributed by atoms with E-state index >= 15 is 0 Å². The smallest absolute Gasteiger partial charge is 0.226 e. The largest absolute Gasteiger partial charge is 0.343 e. The van der Waals surface area contributed by atoms with Gasteiger partial charge in [0.1, 0.15) is 5.82 Å². The van der Waals surface area contributed by atoms with Gasteiger partial charge in [-0.1, -0.05) is 60.2 Å². The van der Waals surface area contributed by atoms with E-state index in [0.29, 0.717) is 11.8 Å². The van der Waals surface area contributed by atoms with Crippen LogP contribution < -0.4 is 4.90 Å². The Balaban J connectivity index is 1.18. The van der Waals surface area contributed by atoms with E-state index in [1.54, 1.807) is 0 Å². The molecule has 1 aliphatic heterocycles. The Morgan fingerprint density at radius 1 is 1.10 bits per heavy atom. The molecule has 1 aromatic heterocycles. The summed E-state index contributed by atoms with van der Waals surface area (Å²) in [4.78, 5) is 22.3. The molecule has 1 saturated carbocycles. The lowest BCUT2D eigenvalue weighted by Crippen LogP contribution is -2.54. The van der Waals surface area contributed by atoms with E-state index in [4.69, 9.17) is 4.98 Å². The zero-order valence-electron chi connectivity index (χ0n) is 18.1. The van der Waals surface area contributed by atoms with Gasteiger partial charge in [0.2, 0.25) is 11.0 Å². The number of benzene rings is 2. The zero-order valence-corrected chi connectivity index (χ0v) is 18.9. The second kappa shape index (κ2) is 8.42. The third-order valence-electron chi connectivity index (χ3n) is 6.46. The summed E-state index contributed by atoms with van der Waals surface area (Å²) in [5.74, 6) is 1.74. The van der Waals surface area contributed by atoms with Crippen LogP contribution in [-0.4, -0.2) is 45.8 Å². The summed E-state index contributed by atoms with van der Waals surface area (Å²) in [7, 11) is 0. The van der Waals surface area contributed by atoms with Crippen LogP contribution in [0.4, 0.5) is 5.13 Å². The predicted octanol–water partition coefficient (Wildman–Crippen LogP) is 4.28. The number of aryl methyl sites for hydroxylation is 1. The summed E-state index contributed by atoms with van der Waals surface area (Å²) in [6.45, 7) is 6.63. The van der Waals surface area contributed by atoms with Gasteiger partial charge >= 0.3 is 0 Å². The SMILES string of the molecule is Cc1ccc(Cc2nsc(N3CCN(C(=O)C4CC4c4ccccc4)C(C)C3)n2)cc1. The molecule has 1 amide bonds. The Morgan fingerprint density at radius 2 is 1.87 bits per heavy atom. The van der Waals surface area contributed by atoms with Gasteiger partial charge in [-0.05, 0) is 37.3 Å². The molecule has 3 unspecified atom stereocenters. The molecule has 3 aromatic rings. The van der Waals surface area contributed by atoms with Crippen molar-refractivity contribution in [1.82, 2.24) is 14.3 Å². The van der Waals surface area contributed by atoms with E-state index in [0.717, 1.165) is 43.4 Å². The van der Waals surface area contributed by atoms with Gasteiger partial charge in [0.15, 0.2) is 0 Å². The maximum Gasteiger partial charge on any atom is 0.226 e. The van der Waals surface area contributed by atoms with Crippen LogP contribution in [0.25, 0.3) is 0 Å². The number of carbonyl (C=O) groups is 1. The average molecular weight is 433 g/mol. The van der Waals surface area contributed by atoms with Crippen molar-refractivity contribution in [3.05, 3.63) is 77.1 Å². The summed E-state index contributed by atoms with van der Waals surface area (Å²) >= 11 is 1.47. The van der Waals surface area contributed by atoms with Crippen LogP contribution in [0.3, 0.4) is 0 Å². The summed E-state index contributed by atoms with van der Waals surface area (Å²) in [6, 6.07) is 19.2. The van der Waals surface area contributed by atoms with Crippen LogP contribution in [-0.2, 0) is 11.2 Å². The van der Waals surface area contributed by atoms with Crippen molar-refractivity contribution >= 4 is 22.6 Å². The molecule has 0 bridgehead atoms. The molecular formula is C25H28N4OS. The van der Waals surface area contributed by atoms with Gasteiger partial charge < -0.3 is 9.80 Å². The molecule has 0 spiro atoms. The lowest BCUT2D eigenvalue weighted by molar-refractivity contribution is -0.135. The molecule has 2 heterocycles. The highest BCUT2D eigenvalue weighted by Crippen LogP contribution is 2.48. The fourth-order valence-electron chi connectivity index (χ4n) is 4.54. The predicted molar refractivity (Wildman–Crippen MR) is 125 cm³/mol. The molecule has 6 heteroatoms. The molecule has 1 aliphatic carbocycles. The number of rotatable bonds is 5. The van der Waals surface area contributed by atoms with Crippen molar-refractivity contribution in [3.8, 4) is 0 Å². The van der Waals surface area contributed by atoms with Crippen LogP contribution in [0.15, 0.2) is 54.6 Å². The Morgan fingerprint density at radius 3 is 2.61 bits per heavy atom. The van der Waals surface area contributed by atoms with Crippen molar-refractivity contribution in [2.45, 2.75) is 38.6 Å². The lowest BCUT2D eigenvalue weighted by atomic mass is 10.1. The number of hydrogen-bond acceptors (Lipinski definition) is 5. The normalized spacial score (nSPS) is 23.1. The molecule has 160 valence electrons. The first-order chi connectivity index (χ1) is 15.1. The van der Waals surface area contributed by atoms with E-state index in [1.807, 2.05) is 6.07 Å². The van der Waals surface area contributed by atoms with Crippen LogP contribution in [0.5, 0.6) is 0 Å². The Labute approximate surface area is 187 Å². The van der Waals surface area contributed by atoms with Crippen LogP contribution in [0.2, 0.25) is 0 Å². The van der Waals surface area contributed by atoms with Crippen LogP contribution >= 0.6 is 11.5 Å². The topological polar surface area (TPSA) is 49.3 Å². The van der Waals surface area contributed by atoms with Gasteiger partial charge in [-0.25, -0.2) is 4.98 Å². The Hall–Kier alpha value is -2.73. The summed E-state index contributed by atoms with van der Waals surface area (Å²) < 4.78 is 4.58. The third kappa shape index (κ3) is 4.35. The van der Waals surface area contributed by atoms with Gasteiger partial charge in [0, 0.05) is 49.5 Å². The van der Waals surface area contributed by atoms with Gasteiger partial charge in [-0.3, -0.25) is 4.79 Å². The first-order valence-electron chi connectivity index (χ1n) is 11.1. The molecular weight excluding hydrogens is 404 g/mol. The minimum Gasteiger partial charge on any atom is -0.343 e. The van der Waals surface area contributed by atoms with E-state index in [9.17, 15) is 4.79 Å². The maximum absolute atomic E-state index is 13.1. The number of anilines is 1. The molecule has 5 nitrogen and oxygen atoms in total. The van der Waals surface area contributed by atoms with Crippen LogP contribution in [0, 0.1) is 12.8 Å². The van der Waals surface area contributed by atoms with Gasteiger partial charge in [0.25, 0.3) is 0 Å². The van der Waals surface area contributed by atoms with E-state index < -0.39 is 0 Å². The van der Waals surface area contributed by atoms with E-state index in [-0.39, 0.29) is 12.0 Å². The number of nitrogens with zero attached hydrogens (tertiary/aromatic N) is 4. The molecule has 5 rings (SSSR count). The number of carbonyl (C=O) groups excluding carboxylic acids is 1. The second-order valence-corrected chi connectivity index (χ2v) is 9.57.